The van der Waals surface area contributed by atoms with Crippen LogP contribution in [-0.4, -0.2) is 4.98 Å². The average Bonchev–Trinajstić information content (AvgIpc) is 2.34. The summed E-state index contributed by atoms with van der Waals surface area (Å²) in [7, 11) is 0. The van der Waals surface area contributed by atoms with Crippen molar-refractivity contribution < 1.29 is 8.78 Å². The smallest absolute Gasteiger partial charge is 0.159 e. The highest BCUT2D eigenvalue weighted by Crippen LogP contribution is 2.19. The Morgan fingerprint density at radius 3 is 2.76 bits per heavy atom. The molecule has 2 rings (SSSR count). The highest BCUT2D eigenvalue weighted by Gasteiger charge is 2.09. The second-order valence-electron chi connectivity index (χ2n) is 3.69. The topological polar surface area (TPSA) is 24.9 Å². The van der Waals surface area contributed by atoms with Crippen LogP contribution >= 0.6 is 0 Å². The summed E-state index contributed by atoms with van der Waals surface area (Å²) < 4.78 is 25.8. The molecule has 1 aromatic carbocycles. The first-order chi connectivity index (χ1) is 8.16. The molecule has 0 aliphatic rings. The molecule has 1 aromatic heterocycles. The second kappa shape index (κ2) is 4.91. The van der Waals surface area contributed by atoms with Crippen LogP contribution in [0.5, 0.6) is 0 Å². The number of aromatic nitrogens is 1. The quantitative estimate of drug-likeness (QED) is 0.879. The number of halogens is 2. The molecule has 1 heterocycles. The lowest BCUT2D eigenvalue weighted by molar-refractivity contribution is 0.506. The van der Waals surface area contributed by atoms with Crippen molar-refractivity contribution in [2.75, 3.05) is 5.32 Å². The fraction of sp³-hybridized carbons (Fsp3) is 0.154. The van der Waals surface area contributed by atoms with Crippen molar-refractivity contribution in [1.82, 2.24) is 4.98 Å². The molecule has 0 fully saturated rings. The molecule has 17 heavy (non-hydrogen) atoms. The molecular formula is C13H11F2N2. The van der Waals surface area contributed by atoms with Gasteiger partial charge in [0.2, 0.25) is 0 Å². The summed E-state index contributed by atoms with van der Waals surface area (Å²) in [4.78, 5) is 3.94. The molecule has 2 aromatic rings. The largest absolute Gasteiger partial charge is 0.377 e. The molecule has 0 saturated heterocycles. The molecule has 0 bridgehead atoms. The van der Waals surface area contributed by atoms with Crippen molar-refractivity contribution in [2.24, 2.45) is 0 Å². The summed E-state index contributed by atoms with van der Waals surface area (Å²) >= 11 is 0. The Hall–Kier alpha value is -1.97. The maximum Gasteiger partial charge on any atom is 0.159 e. The second-order valence-corrected chi connectivity index (χ2v) is 3.69. The van der Waals surface area contributed by atoms with Crippen LogP contribution in [0.2, 0.25) is 0 Å². The minimum absolute atomic E-state index is 0.148. The van der Waals surface area contributed by atoms with E-state index in [0.717, 1.165) is 6.07 Å². The van der Waals surface area contributed by atoms with Gasteiger partial charge in [0.15, 0.2) is 11.6 Å². The summed E-state index contributed by atoms with van der Waals surface area (Å²) in [6.45, 7) is 1.85. The third kappa shape index (κ3) is 2.78. The van der Waals surface area contributed by atoms with E-state index < -0.39 is 11.6 Å². The Morgan fingerprint density at radius 2 is 2.12 bits per heavy atom. The van der Waals surface area contributed by atoms with Gasteiger partial charge in [-0.15, -0.1) is 0 Å². The van der Waals surface area contributed by atoms with Gasteiger partial charge in [-0.05, 0) is 30.7 Å². The third-order valence-electron chi connectivity index (χ3n) is 2.42. The molecule has 0 aliphatic carbocycles. The first kappa shape index (κ1) is 11.5. The van der Waals surface area contributed by atoms with E-state index in [-0.39, 0.29) is 6.04 Å². The first-order valence-corrected chi connectivity index (χ1v) is 5.20. The normalized spacial score (nSPS) is 12.2. The fourth-order valence-electron chi connectivity index (χ4n) is 1.50. The average molecular weight is 233 g/mol. The van der Waals surface area contributed by atoms with Crippen LogP contribution in [0.3, 0.4) is 0 Å². The third-order valence-corrected chi connectivity index (χ3v) is 2.42. The van der Waals surface area contributed by atoms with Gasteiger partial charge in [0.1, 0.15) is 0 Å². The maximum atomic E-state index is 13.1. The first-order valence-electron chi connectivity index (χ1n) is 5.20. The van der Waals surface area contributed by atoms with Crippen molar-refractivity contribution in [3.63, 3.8) is 0 Å². The van der Waals surface area contributed by atoms with E-state index in [4.69, 9.17) is 0 Å². The van der Waals surface area contributed by atoms with Gasteiger partial charge in [-0.3, -0.25) is 4.98 Å². The summed E-state index contributed by atoms with van der Waals surface area (Å²) in [6, 6.07) is 8.34. The molecule has 0 amide bonds. The van der Waals surface area contributed by atoms with Gasteiger partial charge < -0.3 is 5.32 Å². The molecule has 0 aliphatic heterocycles. The standard InChI is InChI=1S/C13H11F2N2/c1-9(17-11-3-2-6-16-8-11)10-4-5-12(14)13(15)7-10/h2,4-9,17H,1H3. The molecule has 4 heteroatoms. The van der Waals surface area contributed by atoms with Crippen LogP contribution in [0.25, 0.3) is 0 Å². The van der Waals surface area contributed by atoms with E-state index in [0.29, 0.717) is 11.3 Å². The van der Waals surface area contributed by atoms with Gasteiger partial charge in [-0.25, -0.2) is 8.78 Å². The number of rotatable bonds is 3. The molecule has 0 spiro atoms. The lowest BCUT2D eigenvalue weighted by atomic mass is 10.1. The summed E-state index contributed by atoms with van der Waals surface area (Å²) in [5.41, 5.74) is 1.38. The van der Waals surface area contributed by atoms with Gasteiger partial charge in [0.25, 0.3) is 0 Å². The molecule has 1 unspecified atom stereocenters. The zero-order valence-electron chi connectivity index (χ0n) is 9.24. The van der Waals surface area contributed by atoms with Gasteiger partial charge >= 0.3 is 0 Å². The highest BCUT2D eigenvalue weighted by atomic mass is 19.2. The Balaban J connectivity index is 2.14. The van der Waals surface area contributed by atoms with Crippen LogP contribution in [0, 0.1) is 17.7 Å². The number of hydrogen-bond donors (Lipinski definition) is 1. The Morgan fingerprint density at radius 1 is 1.29 bits per heavy atom. The SMILES string of the molecule is CC(Nc1[c]ccnc1)c1ccc(F)c(F)c1. The van der Waals surface area contributed by atoms with Crippen LogP contribution in [-0.2, 0) is 0 Å². The van der Waals surface area contributed by atoms with Gasteiger partial charge in [0, 0.05) is 18.3 Å². The fourth-order valence-corrected chi connectivity index (χ4v) is 1.50. The summed E-state index contributed by atoms with van der Waals surface area (Å²) in [5, 5.41) is 3.10. The minimum Gasteiger partial charge on any atom is -0.377 e. The van der Waals surface area contributed by atoms with Gasteiger partial charge in [-0.1, -0.05) is 6.07 Å². The summed E-state index contributed by atoms with van der Waals surface area (Å²) in [6.07, 6.45) is 3.24. The highest BCUT2D eigenvalue weighted by molar-refractivity contribution is 5.41. The van der Waals surface area contributed by atoms with E-state index in [2.05, 4.69) is 16.4 Å². The lowest BCUT2D eigenvalue weighted by Gasteiger charge is -2.15. The monoisotopic (exact) mass is 233 g/mol. The van der Waals surface area contributed by atoms with E-state index in [1.807, 2.05) is 6.92 Å². The molecule has 87 valence electrons. The van der Waals surface area contributed by atoms with Crippen LogP contribution in [0.4, 0.5) is 14.5 Å². The zero-order chi connectivity index (χ0) is 12.3. The van der Waals surface area contributed by atoms with Crippen molar-refractivity contribution in [3.05, 3.63) is 59.9 Å². The maximum absolute atomic E-state index is 13.1. The number of hydrogen-bond acceptors (Lipinski definition) is 2. The van der Waals surface area contributed by atoms with Crippen molar-refractivity contribution in [2.45, 2.75) is 13.0 Å². The van der Waals surface area contributed by atoms with E-state index in [9.17, 15) is 8.78 Å². The Labute approximate surface area is 98.3 Å². The van der Waals surface area contributed by atoms with Gasteiger partial charge in [0.05, 0.1) is 11.9 Å². The number of nitrogens with one attached hydrogen (secondary N) is 1. The Kier molecular flexibility index (Phi) is 3.32. The summed E-state index contributed by atoms with van der Waals surface area (Å²) in [5.74, 6) is -1.68. The molecule has 0 saturated carbocycles. The zero-order valence-corrected chi connectivity index (χ0v) is 9.24. The molecule has 1 radical (unpaired) electrons. The molecular weight excluding hydrogens is 222 g/mol. The van der Waals surface area contributed by atoms with Gasteiger partial charge in [-0.2, -0.15) is 0 Å². The van der Waals surface area contributed by atoms with Crippen molar-refractivity contribution in [1.29, 1.82) is 0 Å². The van der Waals surface area contributed by atoms with Crippen LogP contribution in [0.15, 0.2) is 36.7 Å². The number of benzene rings is 1. The van der Waals surface area contributed by atoms with Crippen molar-refractivity contribution >= 4 is 5.69 Å². The number of anilines is 1. The van der Waals surface area contributed by atoms with E-state index in [1.165, 1.54) is 6.07 Å². The molecule has 1 N–H and O–H groups in total. The number of nitrogens with zero attached hydrogens (tertiary/aromatic N) is 1. The molecule has 2 nitrogen and oxygen atoms in total. The van der Waals surface area contributed by atoms with Crippen LogP contribution in [0.1, 0.15) is 18.5 Å². The molecule has 1 atom stereocenters. The van der Waals surface area contributed by atoms with E-state index >= 15 is 0 Å². The van der Waals surface area contributed by atoms with E-state index in [1.54, 1.807) is 24.5 Å². The number of pyridine rings is 1. The predicted octanol–water partition coefficient (Wildman–Crippen LogP) is 3.33. The predicted molar refractivity (Wildman–Crippen MR) is 61.5 cm³/mol. The van der Waals surface area contributed by atoms with Crippen LogP contribution < -0.4 is 5.32 Å². The van der Waals surface area contributed by atoms with Crippen molar-refractivity contribution in [3.8, 4) is 0 Å². The lowest BCUT2D eigenvalue weighted by Crippen LogP contribution is -2.07. The minimum atomic E-state index is -0.841. The Bertz CT molecular complexity index is 500.